The Kier molecular flexibility index (Phi) is 4.29. The summed E-state index contributed by atoms with van der Waals surface area (Å²) in [6, 6.07) is 8.47. The quantitative estimate of drug-likeness (QED) is 0.801. The summed E-state index contributed by atoms with van der Waals surface area (Å²) in [5, 5.41) is 9.53. The van der Waals surface area contributed by atoms with Crippen LogP contribution in [0, 0.1) is 17.2 Å². The van der Waals surface area contributed by atoms with Crippen LogP contribution in [0.1, 0.15) is 64.5 Å². The maximum atomic E-state index is 9.53. The van der Waals surface area contributed by atoms with Crippen LogP contribution < -0.4 is 5.46 Å². The fourth-order valence-corrected chi connectivity index (χ4v) is 3.53. The summed E-state index contributed by atoms with van der Waals surface area (Å²) >= 11 is 0. The third-order valence-corrected chi connectivity index (χ3v) is 5.76. The van der Waals surface area contributed by atoms with Gasteiger partial charge in [-0.05, 0) is 57.1 Å². The third-order valence-electron chi connectivity index (χ3n) is 5.76. The van der Waals surface area contributed by atoms with Crippen LogP contribution in [0.5, 0.6) is 0 Å². The van der Waals surface area contributed by atoms with Crippen LogP contribution in [0.2, 0.25) is 0 Å². The van der Waals surface area contributed by atoms with Gasteiger partial charge in [-0.15, -0.1) is 0 Å². The molecule has 1 heterocycles. The Morgan fingerprint density at radius 2 is 1.74 bits per heavy atom. The predicted octanol–water partition coefficient (Wildman–Crippen LogP) is 3.59. The highest BCUT2D eigenvalue weighted by atomic mass is 16.7. The summed E-state index contributed by atoms with van der Waals surface area (Å²) in [5.41, 5.74) is 2.17. The fraction of sp³-hybridized carbons (Fsp3) is 0.632. The van der Waals surface area contributed by atoms with Gasteiger partial charge in [-0.3, -0.25) is 0 Å². The van der Waals surface area contributed by atoms with Crippen molar-refractivity contribution < 1.29 is 9.31 Å². The Balaban J connectivity index is 1.81. The first-order valence-electron chi connectivity index (χ1n) is 8.71. The molecule has 1 aromatic carbocycles. The first-order chi connectivity index (χ1) is 10.8. The minimum Gasteiger partial charge on any atom is -0.399 e. The molecule has 3 rings (SSSR count). The molecule has 0 N–H and O–H groups in total. The number of hydrogen-bond donors (Lipinski definition) is 0. The van der Waals surface area contributed by atoms with Crippen molar-refractivity contribution in [2.24, 2.45) is 5.92 Å². The highest BCUT2D eigenvalue weighted by Gasteiger charge is 2.51. The molecular weight excluding hydrogens is 285 g/mol. The number of rotatable bonds is 3. The smallest absolute Gasteiger partial charge is 0.399 e. The molecule has 2 fully saturated rings. The molecule has 1 saturated heterocycles. The molecule has 1 aliphatic carbocycles. The molecule has 0 spiro atoms. The standard InChI is InChI=1S/C19H26BNO2/c1-18(2)19(3,4)23-20(22-18)17-10-9-15(16(12-17)13-21)11-14-7-5-6-8-14/h9-10,12,14H,5-8,11H2,1-4H3. The van der Waals surface area contributed by atoms with Gasteiger partial charge >= 0.3 is 7.12 Å². The predicted molar refractivity (Wildman–Crippen MR) is 92.5 cm³/mol. The Morgan fingerprint density at radius 1 is 1.13 bits per heavy atom. The summed E-state index contributed by atoms with van der Waals surface area (Å²) in [6.45, 7) is 8.19. The summed E-state index contributed by atoms with van der Waals surface area (Å²) in [5.74, 6) is 0.741. The molecule has 122 valence electrons. The van der Waals surface area contributed by atoms with Gasteiger partial charge in [-0.1, -0.05) is 37.8 Å². The van der Waals surface area contributed by atoms with Gasteiger partial charge in [0, 0.05) is 0 Å². The molecule has 4 heteroatoms. The Labute approximate surface area is 140 Å². The van der Waals surface area contributed by atoms with Crippen molar-refractivity contribution in [3.05, 3.63) is 29.3 Å². The van der Waals surface area contributed by atoms with Gasteiger partial charge in [0.2, 0.25) is 0 Å². The normalized spacial score (nSPS) is 23.2. The van der Waals surface area contributed by atoms with Crippen molar-refractivity contribution in [3.8, 4) is 6.07 Å². The van der Waals surface area contributed by atoms with Gasteiger partial charge in [0.25, 0.3) is 0 Å². The SMILES string of the molecule is CC1(C)OB(c2ccc(CC3CCCC3)c(C#N)c2)OC1(C)C. The van der Waals surface area contributed by atoms with Crippen LogP contribution >= 0.6 is 0 Å². The molecule has 0 atom stereocenters. The zero-order valence-electron chi connectivity index (χ0n) is 14.7. The number of nitriles is 1. The monoisotopic (exact) mass is 311 g/mol. The molecule has 3 nitrogen and oxygen atoms in total. The van der Waals surface area contributed by atoms with Crippen molar-refractivity contribution in [1.29, 1.82) is 5.26 Å². The van der Waals surface area contributed by atoms with Gasteiger partial charge in [-0.25, -0.2) is 0 Å². The van der Waals surface area contributed by atoms with Crippen molar-refractivity contribution in [2.45, 2.75) is 71.0 Å². The van der Waals surface area contributed by atoms with E-state index in [1.807, 2.05) is 33.8 Å². The molecule has 23 heavy (non-hydrogen) atoms. The van der Waals surface area contributed by atoms with E-state index >= 15 is 0 Å². The van der Waals surface area contributed by atoms with Gasteiger partial charge in [-0.2, -0.15) is 5.26 Å². The molecule has 0 bridgehead atoms. The lowest BCUT2D eigenvalue weighted by Crippen LogP contribution is -2.41. The summed E-state index contributed by atoms with van der Waals surface area (Å²) in [4.78, 5) is 0. The highest BCUT2D eigenvalue weighted by molar-refractivity contribution is 6.62. The van der Waals surface area contributed by atoms with Gasteiger partial charge in [0.1, 0.15) is 0 Å². The van der Waals surface area contributed by atoms with Crippen LogP contribution in [-0.2, 0) is 15.7 Å². The minimum absolute atomic E-state index is 0.354. The maximum Gasteiger partial charge on any atom is 0.494 e. The minimum atomic E-state index is -0.396. The lowest BCUT2D eigenvalue weighted by Gasteiger charge is -2.32. The highest BCUT2D eigenvalue weighted by Crippen LogP contribution is 2.36. The van der Waals surface area contributed by atoms with E-state index in [-0.39, 0.29) is 11.2 Å². The van der Waals surface area contributed by atoms with Crippen LogP contribution in [-0.4, -0.2) is 18.3 Å². The van der Waals surface area contributed by atoms with Crippen molar-refractivity contribution in [3.63, 3.8) is 0 Å². The number of nitrogens with zero attached hydrogens (tertiary/aromatic N) is 1. The molecule has 1 aliphatic heterocycles. The summed E-state index contributed by atoms with van der Waals surface area (Å²) in [6.07, 6.45) is 6.28. The molecule has 0 unspecified atom stereocenters. The Morgan fingerprint density at radius 3 is 2.30 bits per heavy atom. The van der Waals surface area contributed by atoms with Crippen LogP contribution in [0.3, 0.4) is 0 Å². The van der Waals surface area contributed by atoms with Gasteiger partial charge in [0.05, 0.1) is 22.8 Å². The number of benzene rings is 1. The van der Waals surface area contributed by atoms with E-state index in [1.54, 1.807) is 0 Å². The van der Waals surface area contributed by atoms with Crippen LogP contribution in [0.4, 0.5) is 0 Å². The third kappa shape index (κ3) is 3.18. The van der Waals surface area contributed by atoms with Crippen molar-refractivity contribution in [2.75, 3.05) is 0 Å². The topological polar surface area (TPSA) is 42.2 Å². The first kappa shape index (κ1) is 16.5. The Bertz CT molecular complexity index is 611. The zero-order valence-corrected chi connectivity index (χ0v) is 14.7. The van der Waals surface area contributed by atoms with E-state index in [9.17, 15) is 5.26 Å². The summed E-state index contributed by atoms with van der Waals surface area (Å²) in [7, 11) is -0.396. The molecule has 0 aromatic heterocycles. The molecule has 0 radical (unpaired) electrons. The van der Waals surface area contributed by atoms with Crippen LogP contribution in [0.15, 0.2) is 18.2 Å². The molecule has 1 aromatic rings. The second-order valence-corrected chi connectivity index (χ2v) is 7.97. The molecular formula is C19H26BNO2. The molecule has 2 aliphatic rings. The van der Waals surface area contributed by atoms with Gasteiger partial charge < -0.3 is 9.31 Å². The van der Waals surface area contributed by atoms with Gasteiger partial charge in [0.15, 0.2) is 0 Å². The van der Waals surface area contributed by atoms with E-state index < -0.39 is 7.12 Å². The average Bonchev–Trinajstić information content (AvgIpc) is 3.06. The van der Waals surface area contributed by atoms with Crippen molar-refractivity contribution >= 4 is 12.6 Å². The Hall–Kier alpha value is -1.31. The first-order valence-corrected chi connectivity index (χ1v) is 8.71. The summed E-state index contributed by atoms with van der Waals surface area (Å²) < 4.78 is 12.2. The molecule has 1 saturated carbocycles. The molecule has 0 amide bonds. The fourth-order valence-electron chi connectivity index (χ4n) is 3.53. The van der Waals surface area contributed by atoms with E-state index in [0.717, 1.165) is 23.4 Å². The zero-order chi connectivity index (χ0) is 16.7. The van der Waals surface area contributed by atoms with E-state index in [2.05, 4.69) is 18.2 Å². The second kappa shape index (κ2) is 5.96. The lowest BCUT2D eigenvalue weighted by molar-refractivity contribution is 0.00578. The van der Waals surface area contributed by atoms with E-state index in [0.29, 0.717) is 0 Å². The second-order valence-electron chi connectivity index (χ2n) is 7.97. The average molecular weight is 311 g/mol. The lowest BCUT2D eigenvalue weighted by atomic mass is 9.77. The van der Waals surface area contributed by atoms with Crippen molar-refractivity contribution in [1.82, 2.24) is 0 Å². The largest absolute Gasteiger partial charge is 0.494 e. The van der Waals surface area contributed by atoms with Crippen LogP contribution in [0.25, 0.3) is 0 Å². The number of hydrogen-bond acceptors (Lipinski definition) is 3. The maximum absolute atomic E-state index is 9.53. The van der Waals surface area contributed by atoms with E-state index in [4.69, 9.17) is 9.31 Å². The van der Waals surface area contributed by atoms with E-state index in [1.165, 1.54) is 31.2 Å².